The van der Waals surface area contributed by atoms with Crippen molar-refractivity contribution in [1.82, 2.24) is 15.3 Å². The molecule has 0 aliphatic heterocycles. The summed E-state index contributed by atoms with van der Waals surface area (Å²) in [7, 11) is 0. The molecule has 0 atom stereocenters. The van der Waals surface area contributed by atoms with Crippen molar-refractivity contribution >= 4 is 17.2 Å². The highest BCUT2D eigenvalue weighted by Crippen LogP contribution is 2.22. The van der Waals surface area contributed by atoms with Crippen LogP contribution in [0.5, 0.6) is 0 Å². The summed E-state index contributed by atoms with van der Waals surface area (Å²) in [5, 5.41) is 6.50. The molecule has 1 N–H and O–H groups in total. The second-order valence-electron chi connectivity index (χ2n) is 4.68. The van der Waals surface area contributed by atoms with Gasteiger partial charge >= 0.3 is 0 Å². The summed E-state index contributed by atoms with van der Waals surface area (Å²) >= 11 is 1.54. The molecule has 0 spiro atoms. The Labute approximate surface area is 134 Å². The van der Waals surface area contributed by atoms with Crippen LogP contribution in [0.15, 0.2) is 47.4 Å². The van der Waals surface area contributed by atoms with E-state index in [-0.39, 0.29) is 12.1 Å². The Morgan fingerprint density at radius 3 is 2.70 bits per heavy atom. The highest BCUT2D eigenvalue weighted by atomic mass is 32.1. The van der Waals surface area contributed by atoms with Crippen LogP contribution in [0.2, 0.25) is 0 Å². The topological polar surface area (TPSA) is 54.9 Å². The number of rotatable bonds is 4. The number of benzene rings is 1. The van der Waals surface area contributed by atoms with Crippen molar-refractivity contribution in [3.05, 3.63) is 70.3 Å². The maximum atomic E-state index is 13.2. The third-order valence-corrected chi connectivity index (χ3v) is 3.85. The van der Waals surface area contributed by atoms with E-state index in [1.807, 2.05) is 16.8 Å². The molecular formula is C16H11F2N3OS. The Hall–Kier alpha value is -2.67. The molecule has 3 rings (SSSR count). The summed E-state index contributed by atoms with van der Waals surface area (Å²) in [5.41, 5.74) is 2.24. The van der Waals surface area contributed by atoms with Crippen molar-refractivity contribution in [2.75, 3.05) is 0 Å². The molecule has 0 saturated carbocycles. The van der Waals surface area contributed by atoms with Crippen LogP contribution in [0, 0.1) is 11.6 Å². The van der Waals surface area contributed by atoms with Crippen LogP contribution >= 0.6 is 11.3 Å². The lowest BCUT2D eigenvalue weighted by Gasteiger charge is -2.08. The van der Waals surface area contributed by atoms with Crippen LogP contribution in [0.3, 0.4) is 0 Å². The average molecular weight is 331 g/mol. The third kappa shape index (κ3) is 3.40. The van der Waals surface area contributed by atoms with Crippen LogP contribution < -0.4 is 5.32 Å². The van der Waals surface area contributed by atoms with Gasteiger partial charge in [-0.3, -0.25) is 14.8 Å². The third-order valence-electron chi connectivity index (χ3n) is 3.17. The number of carbonyl (C=O) groups excluding carboxylic acids is 1. The molecule has 0 unspecified atom stereocenters. The lowest BCUT2D eigenvalue weighted by atomic mass is 10.1. The van der Waals surface area contributed by atoms with Crippen LogP contribution in [-0.2, 0) is 6.54 Å². The Kier molecular flexibility index (Phi) is 4.38. The Balaban J connectivity index is 1.76. The number of nitrogens with one attached hydrogen (secondary N) is 1. The second kappa shape index (κ2) is 6.62. The van der Waals surface area contributed by atoms with Crippen molar-refractivity contribution in [2.45, 2.75) is 6.54 Å². The van der Waals surface area contributed by atoms with E-state index in [0.29, 0.717) is 11.4 Å². The molecule has 0 aliphatic rings. The van der Waals surface area contributed by atoms with Gasteiger partial charge in [0.25, 0.3) is 5.91 Å². The van der Waals surface area contributed by atoms with E-state index in [1.165, 1.54) is 23.6 Å². The van der Waals surface area contributed by atoms with Crippen LogP contribution in [0.25, 0.3) is 11.3 Å². The fourth-order valence-corrected chi connectivity index (χ4v) is 2.68. The Bertz CT molecular complexity index is 837. The highest BCUT2D eigenvalue weighted by Gasteiger charge is 2.12. The van der Waals surface area contributed by atoms with Crippen molar-refractivity contribution < 1.29 is 13.6 Å². The summed E-state index contributed by atoms with van der Waals surface area (Å²) in [5.74, 6) is -2.56. The predicted molar refractivity (Wildman–Crippen MR) is 82.9 cm³/mol. The van der Waals surface area contributed by atoms with Gasteiger partial charge in [0.05, 0.1) is 17.9 Å². The molecule has 7 heteroatoms. The average Bonchev–Trinajstić information content (AvgIpc) is 3.10. The minimum absolute atomic E-state index is 0.0462. The van der Waals surface area contributed by atoms with E-state index in [0.717, 1.165) is 17.7 Å². The highest BCUT2D eigenvalue weighted by molar-refractivity contribution is 7.08. The van der Waals surface area contributed by atoms with E-state index in [4.69, 9.17) is 0 Å². The van der Waals surface area contributed by atoms with Gasteiger partial charge in [0.2, 0.25) is 0 Å². The van der Waals surface area contributed by atoms with Gasteiger partial charge in [-0.25, -0.2) is 8.78 Å². The minimum atomic E-state index is -1.06. The summed E-state index contributed by atoms with van der Waals surface area (Å²) in [6.45, 7) is 0.136. The first-order chi connectivity index (χ1) is 11.1. The SMILES string of the molecule is O=C(NCc1nccnc1-c1ccsc1)c1ccc(F)c(F)c1. The number of halogens is 2. The summed E-state index contributed by atoms with van der Waals surface area (Å²) in [6, 6.07) is 4.92. The lowest BCUT2D eigenvalue weighted by Crippen LogP contribution is -2.24. The zero-order valence-corrected chi connectivity index (χ0v) is 12.6. The molecule has 116 valence electrons. The number of carbonyl (C=O) groups is 1. The van der Waals surface area contributed by atoms with E-state index in [2.05, 4.69) is 15.3 Å². The number of nitrogens with zero attached hydrogens (tertiary/aromatic N) is 2. The van der Waals surface area contributed by atoms with Crippen LogP contribution in [-0.4, -0.2) is 15.9 Å². The fourth-order valence-electron chi connectivity index (χ4n) is 2.04. The van der Waals surface area contributed by atoms with Crippen molar-refractivity contribution in [1.29, 1.82) is 0 Å². The molecule has 1 aromatic carbocycles. The summed E-state index contributed by atoms with van der Waals surface area (Å²) < 4.78 is 26.1. The first-order valence-electron chi connectivity index (χ1n) is 6.71. The smallest absolute Gasteiger partial charge is 0.251 e. The summed E-state index contributed by atoms with van der Waals surface area (Å²) in [4.78, 5) is 20.5. The molecule has 0 saturated heterocycles. The summed E-state index contributed by atoms with van der Waals surface area (Å²) in [6.07, 6.45) is 3.11. The largest absolute Gasteiger partial charge is 0.346 e. The lowest BCUT2D eigenvalue weighted by molar-refractivity contribution is 0.0950. The fraction of sp³-hybridized carbons (Fsp3) is 0.0625. The molecule has 4 nitrogen and oxygen atoms in total. The Morgan fingerprint density at radius 2 is 1.96 bits per heavy atom. The zero-order chi connectivity index (χ0) is 16.2. The van der Waals surface area contributed by atoms with Gasteiger partial charge in [0.15, 0.2) is 11.6 Å². The normalized spacial score (nSPS) is 10.5. The van der Waals surface area contributed by atoms with E-state index >= 15 is 0 Å². The number of thiophene rings is 1. The quantitative estimate of drug-likeness (QED) is 0.797. The molecule has 0 bridgehead atoms. The van der Waals surface area contributed by atoms with Crippen LogP contribution in [0.4, 0.5) is 8.78 Å². The predicted octanol–water partition coefficient (Wildman–Crippen LogP) is 3.41. The minimum Gasteiger partial charge on any atom is -0.346 e. The maximum Gasteiger partial charge on any atom is 0.251 e. The maximum absolute atomic E-state index is 13.2. The van der Waals surface area contributed by atoms with Gasteiger partial charge < -0.3 is 5.32 Å². The van der Waals surface area contributed by atoms with Crippen LogP contribution in [0.1, 0.15) is 16.1 Å². The Morgan fingerprint density at radius 1 is 1.13 bits per heavy atom. The van der Waals surface area contributed by atoms with E-state index in [1.54, 1.807) is 6.20 Å². The molecule has 2 heterocycles. The van der Waals surface area contributed by atoms with Crippen molar-refractivity contribution in [3.63, 3.8) is 0 Å². The van der Waals surface area contributed by atoms with Gasteiger partial charge in [-0.2, -0.15) is 11.3 Å². The standard InChI is InChI=1S/C16H11F2N3OS/c17-12-2-1-10(7-13(12)18)16(22)21-8-14-15(20-5-4-19-14)11-3-6-23-9-11/h1-7,9H,8H2,(H,21,22). The first-order valence-corrected chi connectivity index (χ1v) is 7.65. The monoisotopic (exact) mass is 331 g/mol. The van der Waals surface area contributed by atoms with E-state index < -0.39 is 17.5 Å². The van der Waals surface area contributed by atoms with Gasteiger partial charge in [-0.15, -0.1) is 0 Å². The van der Waals surface area contributed by atoms with Crippen molar-refractivity contribution in [2.24, 2.45) is 0 Å². The molecule has 0 aliphatic carbocycles. The molecular weight excluding hydrogens is 320 g/mol. The molecule has 1 amide bonds. The number of hydrogen-bond donors (Lipinski definition) is 1. The molecule has 3 aromatic rings. The van der Waals surface area contributed by atoms with E-state index in [9.17, 15) is 13.6 Å². The van der Waals surface area contributed by atoms with Gasteiger partial charge in [-0.05, 0) is 29.6 Å². The first kappa shape index (κ1) is 15.2. The number of amides is 1. The second-order valence-corrected chi connectivity index (χ2v) is 5.46. The molecule has 0 radical (unpaired) electrons. The van der Waals surface area contributed by atoms with Gasteiger partial charge in [-0.1, -0.05) is 0 Å². The van der Waals surface area contributed by atoms with Gasteiger partial charge in [0, 0.05) is 28.9 Å². The number of hydrogen-bond acceptors (Lipinski definition) is 4. The van der Waals surface area contributed by atoms with Crippen molar-refractivity contribution in [3.8, 4) is 11.3 Å². The number of aromatic nitrogens is 2. The molecule has 2 aromatic heterocycles. The molecule has 23 heavy (non-hydrogen) atoms. The molecule has 0 fully saturated rings. The zero-order valence-electron chi connectivity index (χ0n) is 11.8. The van der Waals surface area contributed by atoms with Gasteiger partial charge in [0.1, 0.15) is 0 Å².